The lowest BCUT2D eigenvalue weighted by Crippen LogP contribution is -2.42. The Hall–Kier alpha value is -2.34. The minimum Gasteiger partial charge on any atom is -0.331 e. The fraction of sp³-hybridized carbons (Fsp3) is 0.353. The molecule has 2 amide bonds. The molecular weight excluding hydrogens is 328 g/mol. The molecule has 126 valence electrons. The van der Waals surface area contributed by atoms with Gasteiger partial charge in [0.1, 0.15) is 11.9 Å². The van der Waals surface area contributed by atoms with Crippen molar-refractivity contribution in [3.05, 3.63) is 47.1 Å². The van der Waals surface area contributed by atoms with Gasteiger partial charge in [0.15, 0.2) is 0 Å². The molecule has 6 nitrogen and oxygen atoms in total. The average molecular weight is 347 g/mol. The minimum atomic E-state index is -0.401. The number of hydrogen-bond donors (Lipinski definition) is 1. The summed E-state index contributed by atoms with van der Waals surface area (Å²) in [5.41, 5.74) is 1.03. The summed E-state index contributed by atoms with van der Waals surface area (Å²) in [7, 11) is 0. The quantitative estimate of drug-likeness (QED) is 0.925. The fourth-order valence-electron chi connectivity index (χ4n) is 2.95. The van der Waals surface area contributed by atoms with E-state index in [0.29, 0.717) is 30.4 Å². The summed E-state index contributed by atoms with van der Waals surface area (Å²) >= 11 is 5.89. The van der Waals surface area contributed by atoms with E-state index in [1.165, 1.54) is 6.92 Å². The fourth-order valence-corrected chi connectivity index (χ4v) is 3.08. The van der Waals surface area contributed by atoms with Gasteiger partial charge < -0.3 is 10.2 Å². The molecule has 7 heteroatoms. The highest BCUT2D eigenvalue weighted by Crippen LogP contribution is 2.20. The van der Waals surface area contributed by atoms with Gasteiger partial charge in [-0.3, -0.25) is 9.59 Å². The molecule has 2 aromatic rings. The minimum absolute atomic E-state index is 0.0673. The van der Waals surface area contributed by atoms with E-state index in [4.69, 9.17) is 11.6 Å². The summed E-state index contributed by atoms with van der Waals surface area (Å²) in [5, 5.41) is 7.83. The van der Waals surface area contributed by atoms with Crippen LogP contribution >= 0.6 is 11.6 Å². The van der Waals surface area contributed by atoms with E-state index in [0.717, 1.165) is 12.0 Å². The van der Waals surface area contributed by atoms with Crippen LogP contribution in [0, 0.1) is 0 Å². The Bertz CT molecular complexity index is 741. The van der Waals surface area contributed by atoms with Gasteiger partial charge in [-0.1, -0.05) is 23.7 Å². The van der Waals surface area contributed by atoms with E-state index in [9.17, 15) is 9.59 Å². The molecule has 24 heavy (non-hydrogen) atoms. The van der Waals surface area contributed by atoms with Crippen LogP contribution in [0.3, 0.4) is 0 Å². The number of nitrogens with one attached hydrogen (secondary N) is 1. The number of carbonyl (C=O) groups excluding carboxylic acids is 2. The molecule has 0 aliphatic carbocycles. The molecule has 2 heterocycles. The third-order valence-electron chi connectivity index (χ3n) is 4.17. The van der Waals surface area contributed by atoms with Crippen molar-refractivity contribution >= 4 is 29.2 Å². The van der Waals surface area contributed by atoms with Gasteiger partial charge in [0.05, 0.1) is 12.7 Å². The first kappa shape index (κ1) is 16.5. The Kier molecular flexibility index (Phi) is 4.85. The molecule has 0 radical (unpaired) electrons. The molecule has 3 rings (SSSR count). The van der Waals surface area contributed by atoms with Crippen LogP contribution in [-0.2, 0) is 16.1 Å². The van der Waals surface area contributed by atoms with E-state index >= 15 is 0 Å². The van der Waals surface area contributed by atoms with Crippen LogP contribution in [0.25, 0.3) is 0 Å². The van der Waals surface area contributed by atoms with Crippen molar-refractivity contribution in [3.8, 4) is 0 Å². The Balaban J connectivity index is 1.70. The van der Waals surface area contributed by atoms with Gasteiger partial charge in [-0.05, 0) is 30.5 Å². The zero-order valence-electron chi connectivity index (χ0n) is 13.4. The SMILES string of the molecule is CC(=O)N1CCCC1C(=O)Nc1ccnn1Cc1ccc(Cl)cc1. The second kappa shape index (κ2) is 7.05. The Morgan fingerprint density at radius 2 is 2.04 bits per heavy atom. The molecule has 1 aliphatic heterocycles. The van der Waals surface area contributed by atoms with Crippen LogP contribution in [0.2, 0.25) is 5.02 Å². The number of nitrogens with zero attached hydrogens (tertiary/aromatic N) is 3. The first-order valence-electron chi connectivity index (χ1n) is 7.89. The maximum atomic E-state index is 12.5. The second-order valence-electron chi connectivity index (χ2n) is 5.86. The maximum Gasteiger partial charge on any atom is 0.248 e. The van der Waals surface area contributed by atoms with Crippen LogP contribution in [0.15, 0.2) is 36.5 Å². The number of amides is 2. The summed E-state index contributed by atoms with van der Waals surface area (Å²) in [6, 6.07) is 8.83. The molecule has 1 aromatic carbocycles. The topological polar surface area (TPSA) is 67.2 Å². The molecule has 1 aromatic heterocycles. The molecule has 1 unspecified atom stereocenters. The summed E-state index contributed by atoms with van der Waals surface area (Å²) < 4.78 is 1.72. The second-order valence-corrected chi connectivity index (χ2v) is 6.30. The van der Waals surface area contributed by atoms with Gasteiger partial charge in [-0.25, -0.2) is 4.68 Å². The number of likely N-dealkylation sites (tertiary alicyclic amines) is 1. The number of aromatic nitrogens is 2. The van der Waals surface area contributed by atoms with E-state index in [1.807, 2.05) is 24.3 Å². The van der Waals surface area contributed by atoms with Gasteiger partial charge in [0.2, 0.25) is 11.8 Å². The van der Waals surface area contributed by atoms with Crippen LogP contribution in [0.4, 0.5) is 5.82 Å². The molecule has 1 fully saturated rings. The molecule has 0 saturated carbocycles. The number of rotatable bonds is 4. The molecule has 0 spiro atoms. The smallest absolute Gasteiger partial charge is 0.248 e. The van der Waals surface area contributed by atoms with Gasteiger partial charge in [-0.2, -0.15) is 5.10 Å². The van der Waals surface area contributed by atoms with Gasteiger partial charge in [0.25, 0.3) is 0 Å². The lowest BCUT2D eigenvalue weighted by atomic mass is 10.2. The molecule has 1 atom stereocenters. The van der Waals surface area contributed by atoms with Crippen molar-refractivity contribution in [2.45, 2.75) is 32.4 Å². The van der Waals surface area contributed by atoms with Gasteiger partial charge in [0, 0.05) is 24.6 Å². The first-order valence-corrected chi connectivity index (χ1v) is 8.27. The van der Waals surface area contributed by atoms with Gasteiger partial charge in [-0.15, -0.1) is 0 Å². The van der Waals surface area contributed by atoms with E-state index in [-0.39, 0.29) is 11.8 Å². The first-order chi connectivity index (χ1) is 11.5. The lowest BCUT2D eigenvalue weighted by Gasteiger charge is -2.22. The monoisotopic (exact) mass is 346 g/mol. The van der Waals surface area contributed by atoms with Gasteiger partial charge >= 0.3 is 0 Å². The standard InChI is InChI=1S/C17H19ClN4O2/c1-12(23)21-10-2-3-15(21)17(24)20-16-8-9-19-22(16)11-13-4-6-14(18)7-5-13/h4-9,15H,2-3,10-11H2,1H3,(H,20,24). The van der Waals surface area contributed by atoms with Crippen LogP contribution in [-0.4, -0.2) is 39.1 Å². The predicted octanol–water partition coefficient (Wildman–Crippen LogP) is 2.53. The third-order valence-corrected chi connectivity index (χ3v) is 4.43. The highest BCUT2D eigenvalue weighted by atomic mass is 35.5. The summed E-state index contributed by atoms with van der Waals surface area (Å²) in [6.45, 7) is 2.66. The third kappa shape index (κ3) is 3.59. The Labute approximate surface area is 145 Å². The van der Waals surface area contributed by atoms with E-state index < -0.39 is 6.04 Å². The van der Waals surface area contributed by atoms with E-state index in [2.05, 4.69) is 10.4 Å². The number of benzene rings is 1. The van der Waals surface area contributed by atoms with E-state index in [1.54, 1.807) is 21.8 Å². The number of hydrogen-bond acceptors (Lipinski definition) is 3. The summed E-state index contributed by atoms with van der Waals surface area (Å²) in [4.78, 5) is 25.8. The number of halogens is 1. The molecule has 1 saturated heterocycles. The van der Waals surface area contributed by atoms with Crippen LogP contribution < -0.4 is 5.32 Å². The molecule has 1 aliphatic rings. The van der Waals surface area contributed by atoms with Crippen molar-refractivity contribution in [3.63, 3.8) is 0 Å². The average Bonchev–Trinajstić information content (AvgIpc) is 3.19. The molecule has 0 bridgehead atoms. The van der Waals surface area contributed by atoms with Crippen molar-refractivity contribution < 1.29 is 9.59 Å². The van der Waals surface area contributed by atoms with Crippen molar-refractivity contribution in [2.24, 2.45) is 0 Å². The zero-order chi connectivity index (χ0) is 17.1. The van der Waals surface area contributed by atoms with Crippen LogP contribution in [0.1, 0.15) is 25.3 Å². The highest BCUT2D eigenvalue weighted by molar-refractivity contribution is 6.30. The number of carbonyl (C=O) groups is 2. The Morgan fingerprint density at radius 3 is 2.75 bits per heavy atom. The molecular formula is C17H19ClN4O2. The molecule has 1 N–H and O–H groups in total. The number of anilines is 1. The largest absolute Gasteiger partial charge is 0.331 e. The summed E-state index contributed by atoms with van der Waals surface area (Å²) in [5.74, 6) is 0.383. The lowest BCUT2D eigenvalue weighted by molar-refractivity contribution is -0.134. The normalized spacial score (nSPS) is 17.1. The Morgan fingerprint density at radius 1 is 1.29 bits per heavy atom. The summed E-state index contributed by atoms with van der Waals surface area (Å²) in [6.07, 6.45) is 3.18. The van der Waals surface area contributed by atoms with Crippen molar-refractivity contribution in [2.75, 3.05) is 11.9 Å². The highest BCUT2D eigenvalue weighted by Gasteiger charge is 2.32. The van der Waals surface area contributed by atoms with Crippen molar-refractivity contribution in [1.82, 2.24) is 14.7 Å². The predicted molar refractivity (Wildman–Crippen MR) is 91.8 cm³/mol. The van der Waals surface area contributed by atoms with Crippen molar-refractivity contribution in [1.29, 1.82) is 0 Å². The van der Waals surface area contributed by atoms with Crippen LogP contribution in [0.5, 0.6) is 0 Å². The maximum absolute atomic E-state index is 12.5. The zero-order valence-corrected chi connectivity index (χ0v) is 14.2.